The van der Waals surface area contributed by atoms with Gasteiger partial charge >= 0.3 is 0 Å². The van der Waals surface area contributed by atoms with Crippen LogP contribution in [-0.2, 0) is 6.42 Å². The van der Waals surface area contributed by atoms with Gasteiger partial charge in [-0.3, -0.25) is 0 Å². The number of rotatable bonds is 9. The molecule has 2 N–H and O–H groups in total. The zero-order valence-electron chi connectivity index (χ0n) is 15.0. The molecule has 0 radical (unpaired) electrons. The fraction of sp³-hybridized carbons (Fsp3) is 0.500. The summed E-state index contributed by atoms with van der Waals surface area (Å²) >= 11 is 0. The standard InChI is InChI=1S/C20H32N2/c1-8-16(3)19-13-15(2)9-11-18(19)12-10-17(4)22-20(5,6)14-21-7/h9,11,13,21-22H,3-4,8,10,12,14H2,1-2,5-7H3. The highest BCUT2D eigenvalue weighted by atomic mass is 15.0. The summed E-state index contributed by atoms with van der Waals surface area (Å²) in [5.74, 6) is 0. The number of hydrogen-bond acceptors (Lipinski definition) is 2. The van der Waals surface area contributed by atoms with Gasteiger partial charge in [-0.1, -0.05) is 43.8 Å². The van der Waals surface area contributed by atoms with E-state index in [0.29, 0.717) is 0 Å². The molecule has 0 aliphatic carbocycles. The van der Waals surface area contributed by atoms with E-state index < -0.39 is 0 Å². The molecule has 0 unspecified atom stereocenters. The van der Waals surface area contributed by atoms with Crippen molar-refractivity contribution in [2.24, 2.45) is 0 Å². The Balaban J connectivity index is 2.72. The molecule has 0 bridgehead atoms. The largest absolute Gasteiger partial charge is 0.383 e. The van der Waals surface area contributed by atoms with Gasteiger partial charge in [0, 0.05) is 17.8 Å². The van der Waals surface area contributed by atoms with Crippen LogP contribution in [0.15, 0.2) is 37.1 Å². The molecule has 0 atom stereocenters. The second-order valence-electron chi connectivity index (χ2n) is 6.76. The third kappa shape index (κ3) is 5.69. The molecular weight excluding hydrogens is 268 g/mol. The van der Waals surface area contributed by atoms with Gasteiger partial charge in [0.1, 0.15) is 0 Å². The summed E-state index contributed by atoms with van der Waals surface area (Å²) in [6.45, 7) is 18.0. The molecule has 22 heavy (non-hydrogen) atoms. The molecule has 0 saturated heterocycles. The van der Waals surface area contributed by atoms with Crippen molar-refractivity contribution >= 4 is 5.57 Å². The lowest BCUT2D eigenvalue weighted by Gasteiger charge is -2.28. The summed E-state index contributed by atoms with van der Waals surface area (Å²) < 4.78 is 0. The van der Waals surface area contributed by atoms with Gasteiger partial charge in [-0.25, -0.2) is 0 Å². The van der Waals surface area contributed by atoms with Crippen LogP contribution in [0.2, 0.25) is 0 Å². The summed E-state index contributed by atoms with van der Waals surface area (Å²) in [5, 5.41) is 6.73. The molecule has 0 aromatic heterocycles. The van der Waals surface area contributed by atoms with Crippen molar-refractivity contribution in [2.75, 3.05) is 13.6 Å². The first kappa shape index (κ1) is 18.5. The minimum atomic E-state index is 0.0228. The highest BCUT2D eigenvalue weighted by molar-refractivity contribution is 5.66. The van der Waals surface area contributed by atoms with Gasteiger partial charge in [-0.15, -0.1) is 0 Å². The van der Waals surface area contributed by atoms with Crippen molar-refractivity contribution < 1.29 is 0 Å². The number of hydrogen-bond donors (Lipinski definition) is 2. The topological polar surface area (TPSA) is 24.1 Å². The van der Waals surface area contributed by atoms with E-state index in [4.69, 9.17) is 0 Å². The van der Waals surface area contributed by atoms with Crippen LogP contribution >= 0.6 is 0 Å². The highest BCUT2D eigenvalue weighted by Gasteiger charge is 2.16. The fourth-order valence-corrected chi connectivity index (χ4v) is 2.74. The molecule has 122 valence electrons. The molecule has 2 nitrogen and oxygen atoms in total. The minimum absolute atomic E-state index is 0.0228. The Kier molecular flexibility index (Phi) is 6.89. The van der Waals surface area contributed by atoms with Crippen molar-refractivity contribution in [2.45, 2.75) is 52.5 Å². The zero-order valence-corrected chi connectivity index (χ0v) is 15.0. The summed E-state index contributed by atoms with van der Waals surface area (Å²) in [6.07, 6.45) is 2.93. The van der Waals surface area contributed by atoms with Crippen LogP contribution < -0.4 is 10.6 Å². The van der Waals surface area contributed by atoms with Gasteiger partial charge in [0.25, 0.3) is 0 Å². The third-order valence-corrected chi connectivity index (χ3v) is 3.90. The Morgan fingerprint density at radius 1 is 1.23 bits per heavy atom. The van der Waals surface area contributed by atoms with Crippen LogP contribution in [0.1, 0.15) is 50.3 Å². The Morgan fingerprint density at radius 2 is 1.91 bits per heavy atom. The van der Waals surface area contributed by atoms with Gasteiger partial charge in [-0.2, -0.15) is 0 Å². The number of allylic oxidation sites excluding steroid dienone is 2. The summed E-state index contributed by atoms with van der Waals surface area (Å²) in [7, 11) is 1.97. The Bertz CT molecular complexity index is 527. The van der Waals surface area contributed by atoms with E-state index in [1.165, 1.54) is 22.3 Å². The molecule has 0 aliphatic heterocycles. The average Bonchev–Trinajstić information content (AvgIpc) is 2.44. The SMILES string of the molecule is C=C(CCc1ccc(C)cc1C(=C)CC)NC(C)(C)CNC. The number of nitrogens with one attached hydrogen (secondary N) is 2. The van der Waals surface area contributed by atoms with Crippen LogP contribution in [0.25, 0.3) is 5.57 Å². The summed E-state index contributed by atoms with van der Waals surface area (Å²) in [4.78, 5) is 0. The molecule has 2 heteroatoms. The van der Waals surface area contributed by atoms with Gasteiger partial charge in [-0.05, 0) is 63.8 Å². The fourth-order valence-electron chi connectivity index (χ4n) is 2.74. The molecule has 0 amide bonds. The van der Waals surface area contributed by atoms with Gasteiger partial charge in [0.15, 0.2) is 0 Å². The second kappa shape index (κ2) is 8.19. The maximum atomic E-state index is 4.21. The molecule has 0 heterocycles. The average molecular weight is 300 g/mol. The van der Waals surface area contributed by atoms with E-state index in [1.807, 2.05) is 7.05 Å². The van der Waals surface area contributed by atoms with Crippen molar-refractivity contribution in [3.05, 3.63) is 53.7 Å². The van der Waals surface area contributed by atoms with E-state index in [1.54, 1.807) is 0 Å². The number of likely N-dealkylation sites (N-methyl/N-ethyl adjacent to an activating group) is 1. The lowest BCUT2D eigenvalue weighted by molar-refractivity contribution is 0.405. The van der Waals surface area contributed by atoms with Crippen LogP contribution in [-0.4, -0.2) is 19.1 Å². The molecule has 0 fully saturated rings. The second-order valence-corrected chi connectivity index (χ2v) is 6.76. The first-order valence-corrected chi connectivity index (χ1v) is 8.17. The maximum absolute atomic E-state index is 4.21. The Hall–Kier alpha value is -1.54. The monoisotopic (exact) mass is 300 g/mol. The summed E-state index contributed by atoms with van der Waals surface area (Å²) in [6, 6.07) is 6.67. The van der Waals surface area contributed by atoms with E-state index in [-0.39, 0.29) is 5.54 Å². The Labute approximate surface area is 136 Å². The molecular formula is C20H32N2. The van der Waals surface area contributed by atoms with E-state index >= 15 is 0 Å². The van der Waals surface area contributed by atoms with E-state index in [0.717, 1.165) is 31.5 Å². The normalized spacial score (nSPS) is 11.3. The smallest absolute Gasteiger partial charge is 0.0438 e. The lowest BCUT2D eigenvalue weighted by Crippen LogP contribution is -2.46. The first-order chi connectivity index (χ1) is 10.3. The van der Waals surface area contributed by atoms with Gasteiger partial charge in [0.05, 0.1) is 0 Å². The Morgan fingerprint density at radius 3 is 2.50 bits per heavy atom. The van der Waals surface area contributed by atoms with Crippen LogP contribution in [0.3, 0.4) is 0 Å². The van der Waals surface area contributed by atoms with E-state index in [2.05, 4.69) is 69.7 Å². The molecule has 1 aromatic carbocycles. The predicted octanol–water partition coefficient (Wildman–Crippen LogP) is 4.45. The number of benzene rings is 1. The van der Waals surface area contributed by atoms with Crippen LogP contribution in [0, 0.1) is 6.92 Å². The molecule has 0 spiro atoms. The van der Waals surface area contributed by atoms with Crippen molar-refractivity contribution in [3.63, 3.8) is 0 Å². The van der Waals surface area contributed by atoms with Crippen LogP contribution in [0.5, 0.6) is 0 Å². The quantitative estimate of drug-likeness (QED) is 0.704. The van der Waals surface area contributed by atoms with E-state index in [9.17, 15) is 0 Å². The molecule has 1 aromatic rings. The highest BCUT2D eigenvalue weighted by Crippen LogP contribution is 2.24. The third-order valence-electron chi connectivity index (χ3n) is 3.90. The van der Waals surface area contributed by atoms with Crippen LogP contribution in [0.4, 0.5) is 0 Å². The predicted molar refractivity (Wildman–Crippen MR) is 99.1 cm³/mol. The lowest BCUT2D eigenvalue weighted by atomic mass is 9.93. The number of aryl methyl sites for hydroxylation is 2. The molecule has 1 rings (SSSR count). The van der Waals surface area contributed by atoms with Gasteiger partial charge < -0.3 is 10.6 Å². The molecule has 0 aliphatic rings. The molecule has 0 saturated carbocycles. The minimum Gasteiger partial charge on any atom is -0.383 e. The van der Waals surface area contributed by atoms with Crippen molar-refractivity contribution in [1.29, 1.82) is 0 Å². The zero-order chi connectivity index (χ0) is 16.8. The first-order valence-electron chi connectivity index (χ1n) is 8.17. The summed E-state index contributed by atoms with van der Waals surface area (Å²) in [5.41, 5.74) is 6.30. The van der Waals surface area contributed by atoms with Crippen molar-refractivity contribution in [1.82, 2.24) is 10.6 Å². The maximum Gasteiger partial charge on any atom is 0.0438 e. The van der Waals surface area contributed by atoms with Crippen molar-refractivity contribution in [3.8, 4) is 0 Å². The van der Waals surface area contributed by atoms with Gasteiger partial charge in [0.2, 0.25) is 0 Å².